The van der Waals surface area contributed by atoms with E-state index in [-0.39, 0.29) is 69.1 Å². The zero-order valence-electron chi connectivity index (χ0n) is 33.3. The summed E-state index contributed by atoms with van der Waals surface area (Å²) < 4.78 is 67.3. The van der Waals surface area contributed by atoms with Crippen LogP contribution in [0.1, 0.15) is 8.22 Å². The smallest absolute Gasteiger partial charge is 0.164 e. The molecule has 0 aliphatic rings. The fourth-order valence-corrected chi connectivity index (χ4v) is 7.13. The molecule has 0 atom stereocenters. The maximum absolute atomic E-state index is 9.65. The monoisotopic (exact) mass is 671 g/mol. The van der Waals surface area contributed by atoms with E-state index in [0.717, 1.165) is 32.3 Å². The minimum absolute atomic E-state index is 0.0415. The number of hydrogen-bond acceptors (Lipinski definition) is 5. The van der Waals surface area contributed by atoms with Gasteiger partial charge in [0.1, 0.15) is 22.3 Å². The predicted octanol–water partition coefficient (Wildman–Crippen LogP) is 12.6. The van der Waals surface area contributed by atoms with Crippen LogP contribution in [0.15, 0.2) is 172 Å². The van der Waals surface area contributed by atoms with Crippen molar-refractivity contribution in [2.24, 2.45) is 0 Å². The van der Waals surface area contributed by atoms with E-state index in [1.807, 2.05) is 91.0 Å². The van der Waals surface area contributed by atoms with E-state index in [4.69, 9.17) is 29.3 Å². The van der Waals surface area contributed by atoms with Gasteiger partial charge in [-0.25, -0.2) is 15.0 Å². The van der Waals surface area contributed by atoms with Gasteiger partial charge in [-0.05, 0) is 75.1 Å². The lowest BCUT2D eigenvalue weighted by atomic mass is 9.99. The Hall–Kier alpha value is -7.11. The van der Waals surface area contributed by atoms with Crippen LogP contribution < -0.4 is 0 Å². The highest BCUT2D eigenvalue weighted by molar-refractivity contribution is 6.13. The predicted molar refractivity (Wildman–Crippen MR) is 211 cm³/mol. The first-order chi connectivity index (χ1) is 28.2. The number of fused-ring (bicyclic) bond motifs is 9. The molecule has 3 aromatic heterocycles. The Morgan fingerprint density at radius 2 is 1.10 bits per heavy atom. The summed E-state index contributed by atoms with van der Waals surface area (Å²) in [6.45, 7) is 0. The van der Waals surface area contributed by atoms with Gasteiger partial charge < -0.3 is 8.83 Å². The van der Waals surface area contributed by atoms with E-state index in [9.17, 15) is 2.74 Å². The third-order valence-corrected chi connectivity index (χ3v) is 9.63. The maximum Gasteiger partial charge on any atom is 0.164 e. The first-order valence-corrected chi connectivity index (χ1v) is 16.9. The van der Waals surface area contributed by atoms with Crippen molar-refractivity contribution in [2.75, 3.05) is 0 Å². The van der Waals surface area contributed by atoms with E-state index in [0.29, 0.717) is 39.5 Å². The van der Waals surface area contributed by atoms with E-state index < -0.39 is 6.04 Å². The Kier molecular flexibility index (Phi) is 5.03. The summed E-state index contributed by atoms with van der Waals surface area (Å²) in [5, 5.41) is 6.37. The van der Waals surface area contributed by atoms with E-state index in [2.05, 4.69) is 24.3 Å². The molecule has 11 aromatic rings. The molecule has 0 bridgehead atoms. The average Bonchev–Trinajstić information content (AvgIpc) is 3.84. The van der Waals surface area contributed by atoms with Gasteiger partial charge in [0.05, 0.1) is 8.22 Å². The molecule has 242 valence electrons. The Bertz CT molecular complexity index is 3550. The van der Waals surface area contributed by atoms with E-state index in [1.54, 1.807) is 12.1 Å². The van der Waals surface area contributed by atoms with Crippen LogP contribution >= 0.6 is 0 Å². The highest BCUT2D eigenvalue weighted by Gasteiger charge is 2.19. The summed E-state index contributed by atoms with van der Waals surface area (Å²) in [5.74, 6) is 0.683. The van der Waals surface area contributed by atoms with Gasteiger partial charge in [-0.15, -0.1) is 0 Å². The van der Waals surface area contributed by atoms with Crippen molar-refractivity contribution in [3.63, 3.8) is 0 Å². The summed E-state index contributed by atoms with van der Waals surface area (Å²) >= 11 is 0. The van der Waals surface area contributed by atoms with Crippen LogP contribution in [0.5, 0.6) is 0 Å². The quantitative estimate of drug-likeness (QED) is 0.174. The number of rotatable bonds is 4. The fraction of sp³-hybridized carbons (Fsp3) is 0. The largest absolute Gasteiger partial charge is 0.456 e. The Balaban J connectivity index is 1.19. The molecule has 0 unspecified atom stereocenters. The first kappa shape index (κ1) is 23.3. The van der Waals surface area contributed by atoms with Crippen LogP contribution in [0.4, 0.5) is 0 Å². The molecule has 0 N–H and O–H groups in total. The van der Waals surface area contributed by atoms with Crippen LogP contribution in [-0.2, 0) is 0 Å². The number of aromatic nitrogens is 3. The molecule has 0 radical (unpaired) electrons. The second kappa shape index (κ2) is 11.2. The van der Waals surface area contributed by atoms with Crippen molar-refractivity contribution in [2.45, 2.75) is 0 Å². The topological polar surface area (TPSA) is 65.0 Å². The average molecular weight is 672 g/mol. The lowest BCUT2D eigenvalue weighted by molar-refractivity contribution is 0.669. The van der Waals surface area contributed by atoms with Gasteiger partial charge in [0, 0.05) is 38.2 Å². The van der Waals surface area contributed by atoms with Crippen LogP contribution in [-0.4, -0.2) is 15.0 Å². The molecule has 0 aliphatic heterocycles. The maximum atomic E-state index is 9.65. The van der Waals surface area contributed by atoms with Crippen molar-refractivity contribution in [1.82, 2.24) is 15.0 Å². The highest BCUT2D eigenvalue weighted by atomic mass is 16.3. The number of hydrogen-bond donors (Lipinski definition) is 0. The first-order valence-electron chi connectivity index (χ1n) is 19.9. The standard InChI is InChI=1S/C47H27N3O2/c1-2-10-29(11-3-1)45-48-46(33-20-22-35-32(25-33)18-17-28-9-4-5-12-34(28)35)50-47(49-45)38-14-8-16-42-44(38)39-26-30(21-24-41(39)51-42)31-19-23-37-36-13-6-7-15-40(36)52-43(37)27-31/h1-27H/i8D,14D,16D,21D,24D,26D. The van der Waals surface area contributed by atoms with E-state index in [1.165, 1.54) is 0 Å². The van der Waals surface area contributed by atoms with Crippen molar-refractivity contribution in [1.29, 1.82) is 0 Å². The van der Waals surface area contributed by atoms with Gasteiger partial charge >= 0.3 is 0 Å². The molecule has 8 aromatic carbocycles. The summed E-state index contributed by atoms with van der Waals surface area (Å²) in [5.41, 5.74) is 3.17. The zero-order chi connectivity index (χ0) is 39.4. The van der Waals surface area contributed by atoms with Crippen LogP contribution in [0.3, 0.4) is 0 Å². The lowest BCUT2D eigenvalue weighted by Gasteiger charge is -2.10. The number of para-hydroxylation sites is 1. The van der Waals surface area contributed by atoms with E-state index >= 15 is 0 Å². The van der Waals surface area contributed by atoms with Crippen molar-refractivity contribution in [3.8, 4) is 45.3 Å². The molecule has 5 nitrogen and oxygen atoms in total. The Labute approximate surface area is 305 Å². The van der Waals surface area contributed by atoms with Crippen LogP contribution in [0.25, 0.3) is 111 Å². The molecule has 0 saturated carbocycles. The van der Waals surface area contributed by atoms with Gasteiger partial charge in [0.2, 0.25) is 0 Å². The normalized spacial score (nSPS) is 13.5. The van der Waals surface area contributed by atoms with Crippen LogP contribution in [0.2, 0.25) is 0 Å². The third kappa shape index (κ3) is 4.53. The van der Waals surface area contributed by atoms with Crippen molar-refractivity contribution >= 4 is 65.4 Å². The van der Waals surface area contributed by atoms with Gasteiger partial charge in [-0.3, -0.25) is 0 Å². The molecule has 11 rings (SSSR count). The molecule has 0 saturated heterocycles. The van der Waals surface area contributed by atoms with Crippen molar-refractivity contribution < 1.29 is 17.1 Å². The summed E-state index contributed by atoms with van der Waals surface area (Å²) in [6, 6.07) is 39.0. The second-order valence-corrected chi connectivity index (χ2v) is 12.7. The molecule has 3 heterocycles. The number of furan rings is 2. The second-order valence-electron chi connectivity index (χ2n) is 12.7. The Morgan fingerprint density at radius 1 is 0.404 bits per heavy atom. The fourth-order valence-electron chi connectivity index (χ4n) is 7.13. The lowest BCUT2D eigenvalue weighted by Crippen LogP contribution is -2.00. The zero-order valence-corrected chi connectivity index (χ0v) is 27.3. The molecule has 0 spiro atoms. The number of benzene rings is 8. The van der Waals surface area contributed by atoms with Gasteiger partial charge in [-0.2, -0.15) is 0 Å². The summed E-state index contributed by atoms with van der Waals surface area (Å²) in [4.78, 5) is 14.8. The molecular weight excluding hydrogens is 639 g/mol. The van der Waals surface area contributed by atoms with Crippen molar-refractivity contribution in [3.05, 3.63) is 164 Å². The molecular formula is C47H27N3O2. The van der Waals surface area contributed by atoms with Gasteiger partial charge in [-0.1, -0.05) is 121 Å². The molecule has 52 heavy (non-hydrogen) atoms. The third-order valence-electron chi connectivity index (χ3n) is 9.63. The summed E-state index contributed by atoms with van der Waals surface area (Å²) in [7, 11) is 0. The molecule has 0 fully saturated rings. The van der Waals surface area contributed by atoms with Gasteiger partial charge in [0.25, 0.3) is 0 Å². The Morgan fingerprint density at radius 3 is 2.02 bits per heavy atom. The SMILES string of the molecule is [2H]c1c(-c2ccc3c(c2)oc2ccccc23)c([2H])c2c(oc3c([2H])c([2H])c([2H])c(-c4nc(-c5ccccc5)nc(-c5ccc6c(ccc7ccccc76)c5)n4)c32)c1[2H]. The summed E-state index contributed by atoms with van der Waals surface area (Å²) in [6.07, 6.45) is 0. The minimum atomic E-state index is -0.429. The van der Waals surface area contributed by atoms with Crippen LogP contribution in [0, 0.1) is 0 Å². The number of nitrogens with zero attached hydrogens (tertiary/aromatic N) is 3. The van der Waals surface area contributed by atoms with Gasteiger partial charge in [0.15, 0.2) is 17.5 Å². The highest BCUT2D eigenvalue weighted by Crippen LogP contribution is 2.40. The molecule has 0 amide bonds. The minimum Gasteiger partial charge on any atom is -0.456 e. The molecule has 0 aliphatic carbocycles. The molecule has 5 heteroatoms.